The van der Waals surface area contributed by atoms with Gasteiger partial charge in [0.25, 0.3) is 0 Å². The summed E-state index contributed by atoms with van der Waals surface area (Å²) in [5, 5.41) is 11.9. The summed E-state index contributed by atoms with van der Waals surface area (Å²) in [5.74, 6) is -1.60. The maximum absolute atomic E-state index is 12.9. The second-order valence-corrected chi connectivity index (χ2v) is 3.35. The van der Waals surface area contributed by atoms with E-state index < -0.39 is 17.3 Å². The molecule has 15 heavy (non-hydrogen) atoms. The molecule has 0 fully saturated rings. The monoisotopic (exact) mass is 212 g/mol. The lowest BCUT2D eigenvalue weighted by Crippen LogP contribution is -2.46. The normalized spacial score (nSPS) is 14.6. The summed E-state index contributed by atoms with van der Waals surface area (Å²) in [5.41, 5.74) is -0.999. The van der Waals surface area contributed by atoms with E-state index in [0.717, 1.165) is 6.20 Å². The minimum Gasteiger partial charge on any atom is -0.480 e. The largest absolute Gasteiger partial charge is 0.480 e. The fourth-order valence-corrected chi connectivity index (χ4v) is 1.34. The molecule has 1 atom stereocenters. The standard InChI is InChI=1S/C10H13FN2O2/c1-3-13-10(2,9(14)15)7-4-8(11)6-12-5-7/h4-6,13H,3H2,1-2H3,(H,14,15). The zero-order valence-electron chi connectivity index (χ0n) is 8.62. The number of aliphatic carboxylic acids is 1. The highest BCUT2D eigenvalue weighted by molar-refractivity contribution is 5.80. The van der Waals surface area contributed by atoms with Gasteiger partial charge >= 0.3 is 5.97 Å². The molecule has 0 amide bonds. The van der Waals surface area contributed by atoms with E-state index in [2.05, 4.69) is 10.3 Å². The van der Waals surface area contributed by atoms with Crippen LogP contribution >= 0.6 is 0 Å². The van der Waals surface area contributed by atoms with E-state index in [0.29, 0.717) is 12.1 Å². The number of halogens is 1. The fraction of sp³-hybridized carbons (Fsp3) is 0.400. The van der Waals surface area contributed by atoms with Gasteiger partial charge in [0.2, 0.25) is 0 Å². The van der Waals surface area contributed by atoms with Gasteiger partial charge in [-0.25, -0.2) is 9.18 Å². The molecule has 0 saturated heterocycles. The van der Waals surface area contributed by atoms with Crippen LogP contribution in [0.4, 0.5) is 4.39 Å². The number of nitrogens with one attached hydrogen (secondary N) is 1. The Morgan fingerprint density at radius 2 is 2.33 bits per heavy atom. The molecule has 1 unspecified atom stereocenters. The Morgan fingerprint density at radius 3 is 2.80 bits per heavy atom. The molecule has 0 aliphatic heterocycles. The number of carbonyl (C=O) groups is 1. The summed E-state index contributed by atoms with van der Waals surface area (Å²) in [4.78, 5) is 14.7. The van der Waals surface area contributed by atoms with Crippen LogP contribution in [0.2, 0.25) is 0 Å². The van der Waals surface area contributed by atoms with Gasteiger partial charge in [0, 0.05) is 11.8 Å². The summed E-state index contributed by atoms with van der Waals surface area (Å²) in [6.45, 7) is 3.74. The molecule has 1 aromatic heterocycles. The zero-order chi connectivity index (χ0) is 11.5. The number of carboxylic acids is 1. The molecule has 1 rings (SSSR count). The highest BCUT2D eigenvalue weighted by Gasteiger charge is 2.34. The number of likely N-dealkylation sites (N-methyl/N-ethyl adjacent to an activating group) is 1. The van der Waals surface area contributed by atoms with E-state index in [1.807, 2.05) is 0 Å². The van der Waals surface area contributed by atoms with Gasteiger partial charge in [-0.05, 0) is 19.5 Å². The molecule has 0 radical (unpaired) electrons. The average molecular weight is 212 g/mol. The molecule has 0 bridgehead atoms. The molecular weight excluding hydrogens is 199 g/mol. The summed E-state index contributed by atoms with van der Waals surface area (Å²) < 4.78 is 12.9. The Bertz CT molecular complexity index is 370. The third-order valence-corrected chi connectivity index (χ3v) is 2.24. The second kappa shape index (κ2) is 4.35. The summed E-state index contributed by atoms with van der Waals surface area (Å²) >= 11 is 0. The average Bonchev–Trinajstić information content (AvgIpc) is 2.17. The van der Waals surface area contributed by atoms with E-state index in [-0.39, 0.29) is 0 Å². The van der Waals surface area contributed by atoms with Crippen LogP contribution in [-0.2, 0) is 10.3 Å². The van der Waals surface area contributed by atoms with Crippen LogP contribution in [0.1, 0.15) is 19.4 Å². The van der Waals surface area contributed by atoms with Crippen molar-refractivity contribution in [2.24, 2.45) is 0 Å². The molecule has 2 N–H and O–H groups in total. The highest BCUT2D eigenvalue weighted by Crippen LogP contribution is 2.20. The lowest BCUT2D eigenvalue weighted by atomic mass is 9.93. The number of nitrogens with zero attached hydrogens (tertiary/aromatic N) is 1. The first-order valence-electron chi connectivity index (χ1n) is 4.60. The molecule has 5 heteroatoms. The van der Waals surface area contributed by atoms with Crippen molar-refractivity contribution in [1.29, 1.82) is 0 Å². The van der Waals surface area contributed by atoms with Crippen molar-refractivity contribution in [3.63, 3.8) is 0 Å². The van der Waals surface area contributed by atoms with E-state index in [1.165, 1.54) is 19.2 Å². The predicted molar refractivity (Wildman–Crippen MR) is 52.9 cm³/mol. The maximum Gasteiger partial charge on any atom is 0.328 e. The number of pyridine rings is 1. The Balaban J connectivity index is 3.15. The fourth-order valence-electron chi connectivity index (χ4n) is 1.34. The first-order valence-corrected chi connectivity index (χ1v) is 4.60. The SMILES string of the molecule is CCNC(C)(C(=O)O)c1cncc(F)c1. The first kappa shape index (κ1) is 11.6. The third-order valence-electron chi connectivity index (χ3n) is 2.24. The van der Waals surface area contributed by atoms with Crippen LogP contribution in [0.5, 0.6) is 0 Å². The second-order valence-electron chi connectivity index (χ2n) is 3.35. The van der Waals surface area contributed by atoms with Gasteiger partial charge in [-0.15, -0.1) is 0 Å². The van der Waals surface area contributed by atoms with Crippen molar-refractivity contribution >= 4 is 5.97 Å². The van der Waals surface area contributed by atoms with Crippen LogP contribution in [0.3, 0.4) is 0 Å². The van der Waals surface area contributed by atoms with Crippen LogP contribution in [0.15, 0.2) is 18.5 Å². The van der Waals surface area contributed by atoms with Crippen LogP contribution in [0.25, 0.3) is 0 Å². The molecule has 0 saturated carbocycles. The van der Waals surface area contributed by atoms with Gasteiger partial charge in [-0.1, -0.05) is 6.92 Å². The number of rotatable bonds is 4. The van der Waals surface area contributed by atoms with Crippen LogP contribution in [-0.4, -0.2) is 22.6 Å². The molecule has 0 spiro atoms. The van der Waals surface area contributed by atoms with Gasteiger partial charge in [0.1, 0.15) is 11.4 Å². The number of hydrogen-bond donors (Lipinski definition) is 2. The minimum absolute atomic E-state index is 0.303. The van der Waals surface area contributed by atoms with Gasteiger partial charge in [-0.3, -0.25) is 10.3 Å². The van der Waals surface area contributed by atoms with Gasteiger partial charge in [0.15, 0.2) is 0 Å². The van der Waals surface area contributed by atoms with Crippen molar-refractivity contribution < 1.29 is 14.3 Å². The van der Waals surface area contributed by atoms with E-state index >= 15 is 0 Å². The lowest BCUT2D eigenvalue weighted by molar-refractivity contribution is -0.144. The molecule has 82 valence electrons. The maximum atomic E-state index is 12.9. The van der Waals surface area contributed by atoms with Crippen molar-refractivity contribution in [1.82, 2.24) is 10.3 Å². The van der Waals surface area contributed by atoms with Crippen molar-refractivity contribution in [2.75, 3.05) is 6.54 Å². The molecule has 1 aromatic rings. The van der Waals surface area contributed by atoms with Gasteiger partial charge in [0.05, 0.1) is 6.20 Å². The van der Waals surface area contributed by atoms with Crippen molar-refractivity contribution in [3.05, 3.63) is 29.8 Å². The lowest BCUT2D eigenvalue weighted by Gasteiger charge is -2.25. The first-order chi connectivity index (χ1) is 7.00. The van der Waals surface area contributed by atoms with Crippen molar-refractivity contribution in [2.45, 2.75) is 19.4 Å². The summed E-state index contributed by atoms with van der Waals surface area (Å²) in [6, 6.07) is 1.17. The topological polar surface area (TPSA) is 62.2 Å². The summed E-state index contributed by atoms with van der Waals surface area (Å²) in [7, 11) is 0. The van der Waals surface area contributed by atoms with Crippen LogP contribution in [0, 0.1) is 5.82 Å². The smallest absolute Gasteiger partial charge is 0.328 e. The number of hydrogen-bond acceptors (Lipinski definition) is 3. The molecular formula is C10H13FN2O2. The molecule has 0 aliphatic rings. The van der Waals surface area contributed by atoms with E-state index in [9.17, 15) is 9.18 Å². The molecule has 0 aromatic carbocycles. The highest BCUT2D eigenvalue weighted by atomic mass is 19.1. The Labute approximate surface area is 87.1 Å². The van der Waals surface area contributed by atoms with E-state index in [1.54, 1.807) is 6.92 Å². The third kappa shape index (κ3) is 2.30. The number of carboxylic acid groups (broad SMARTS) is 1. The Morgan fingerprint density at radius 1 is 1.67 bits per heavy atom. The van der Waals surface area contributed by atoms with E-state index in [4.69, 9.17) is 5.11 Å². The quantitative estimate of drug-likeness (QED) is 0.785. The molecule has 0 aliphatic carbocycles. The molecule has 1 heterocycles. The predicted octanol–water partition coefficient (Wildman–Crippen LogP) is 1.13. The minimum atomic E-state index is -1.30. The van der Waals surface area contributed by atoms with Crippen molar-refractivity contribution in [3.8, 4) is 0 Å². The number of aromatic nitrogens is 1. The van der Waals surface area contributed by atoms with Gasteiger partial charge < -0.3 is 5.11 Å². The van der Waals surface area contributed by atoms with Gasteiger partial charge in [-0.2, -0.15) is 0 Å². The molecule has 4 nitrogen and oxygen atoms in total. The van der Waals surface area contributed by atoms with Crippen LogP contribution < -0.4 is 5.32 Å². The zero-order valence-corrected chi connectivity index (χ0v) is 8.62. The summed E-state index contributed by atoms with van der Waals surface area (Å²) in [6.07, 6.45) is 2.39. The Hall–Kier alpha value is -1.49. The Kier molecular flexibility index (Phi) is 3.36.